The van der Waals surface area contributed by atoms with Crippen molar-refractivity contribution in [3.8, 4) is 0 Å². The number of carbonyl (C=O) groups is 3. The molecular formula is C25H22N4O3. The number of hydrogen-bond donors (Lipinski definition) is 1. The second kappa shape index (κ2) is 8.26. The Morgan fingerprint density at radius 3 is 2.47 bits per heavy atom. The topological polar surface area (TPSA) is 82.6 Å². The molecule has 5 rings (SSSR count). The van der Waals surface area contributed by atoms with Crippen LogP contribution in [0.1, 0.15) is 51.0 Å². The van der Waals surface area contributed by atoms with Gasteiger partial charge in [-0.2, -0.15) is 0 Å². The zero-order valence-electron chi connectivity index (χ0n) is 17.4. The van der Waals surface area contributed by atoms with Gasteiger partial charge < -0.3 is 10.2 Å². The second-order valence-electron chi connectivity index (χ2n) is 7.85. The van der Waals surface area contributed by atoms with Gasteiger partial charge >= 0.3 is 0 Å². The maximum atomic E-state index is 13.3. The highest BCUT2D eigenvalue weighted by Gasteiger charge is 2.47. The minimum atomic E-state index is -0.488. The van der Waals surface area contributed by atoms with Crippen molar-refractivity contribution in [2.24, 2.45) is 0 Å². The molecular weight excluding hydrogens is 404 g/mol. The summed E-state index contributed by atoms with van der Waals surface area (Å²) in [6, 6.07) is 20.2. The third-order valence-electron chi connectivity index (χ3n) is 5.88. The van der Waals surface area contributed by atoms with Crippen LogP contribution < -0.4 is 10.2 Å². The fraction of sp³-hybridized carbons (Fsp3) is 0.200. The first kappa shape index (κ1) is 19.9. The molecule has 7 nitrogen and oxygen atoms in total. The SMILES string of the molecule is O=C(CCCN1C(=O)c2ccccc2N2C(=O)c3ccccc3[C@@H]12)NCc1ccccn1. The minimum absolute atomic E-state index is 0.0970. The summed E-state index contributed by atoms with van der Waals surface area (Å²) in [7, 11) is 0. The van der Waals surface area contributed by atoms with Crippen LogP contribution in [-0.4, -0.2) is 34.2 Å². The molecule has 3 amide bonds. The lowest BCUT2D eigenvalue weighted by molar-refractivity contribution is -0.121. The van der Waals surface area contributed by atoms with Crippen LogP contribution in [0.4, 0.5) is 5.69 Å². The van der Waals surface area contributed by atoms with Gasteiger partial charge in [0.05, 0.1) is 23.5 Å². The fourth-order valence-corrected chi connectivity index (χ4v) is 4.39. The molecule has 2 aromatic carbocycles. The van der Waals surface area contributed by atoms with Crippen LogP contribution in [0.3, 0.4) is 0 Å². The van der Waals surface area contributed by atoms with Crippen LogP contribution >= 0.6 is 0 Å². The summed E-state index contributed by atoms with van der Waals surface area (Å²) in [4.78, 5) is 46.4. The Hall–Kier alpha value is -4.00. The van der Waals surface area contributed by atoms with Gasteiger partial charge in [-0.15, -0.1) is 0 Å². The molecule has 0 saturated carbocycles. The van der Waals surface area contributed by atoms with E-state index in [1.54, 1.807) is 34.2 Å². The van der Waals surface area contributed by atoms with Crippen molar-refractivity contribution in [1.29, 1.82) is 0 Å². The Kier molecular flexibility index (Phi) is 5.15. The minimum Gasteiger partial charge on any atom is -0.350 e. The van der Waals surface area contributed by atoms with Crippen LogP contribution in [0.2, 0.25) is 0 Å². The number of para-hydroxylation sites is 1. The van der Waals surface area contributed by atoms with Crippen molar-refractivity contribution in [2.45, 2.75) is 25.6 Å². The first-order chi connectivity index (χ1) is 15.6. The summed E-state index contributed by atoms with van der Waals surface area (Å²) in [5.41, 5.74) is 3.36. The number of pyridine rings is 1. The maximum Gasteiger partial charge on any atom is 0.260 e. The van der Waals surface area contributed by atoms with Gasteiger partial charge in [-0.25, -0.2) is 0 Å². The molecule has 2 aliphatic heterocycles. The van der Waals surface area contributed by atoms with E-state index in [-0.39, 0.29) is 24.1 Å². The highest BCUT2D eigenvalue weighted by molar-refractivity contribution is 6.16. The molecule has 0 aliphatic carbocycles. The number of hydrogen-bond acceptors (Lipinski definition) is 4. The number of anilines is 1. The monoisotopic (exact) mass is 426 g/mol. The average molecular weight is 426 g/mol. The van der Waals surface area contributed by atoms with Gasteiger partial charge in [-0.1, -0.05) is 36.4 Å². The Balaban J connectivity index is 1.33. The molecule has 3 heterocycles. The van der Waals surface area contributed by atoms with E-state index in [9.17, 15) is 14.4 Å². The molecule has 0 unspecified atom stereocenters. The number of nitrogens with zero attached hydrogens (tertiary/aromatic N) is 3. The van der Waals surface area contributed by atoms with Gasteiger partial charge in [0, 0.05) is 30.3 Å². The molecule has 1 N–H and O–H groups in total. The number of rotatable bonds is 6. The average Bonchev–Trinajstić information content (AvgIpc) is 3.13. The molecule has 0 fully saturated rings. The van der Waals surface area contributed by atoms with Gasteiger partial charge in [-0.05, 0) is 36.8 Å². The van der Waals surface area contributed by atoms with E-state index in [0.717, 1.165) is 11.3 Å². The molecule has 1 atom stereocenters. The van der Waals surface area contributed by atoms with E-state index in [2.05, 4.69) is 10.3 Å². The number of amides is 3. The summed E-state index contributed by atoms with van der Waals surface area (Å²) in [6.45, 7) is 0.737. The number of fused-ring (bicyclic) bond motifs is 5. The molecule has 32 heavy (non-hydrogen) atoms. The number of benzene rings is 2. The Morgan fingerprint density at radius 2 is 1.66 bits per heavy atom. The number of aromatic nitrogens is 1. The van der Waals surface area contributed by atoms with Crippen LogP contribution in [0.25, 0.3) is 0 Å². The maximum absolute atomic E-state index is 13.3. The first-order valence-electron chi connectivity index (χ1n) is 10.6. The van der Waals surface area contributed by atoms with E-state index in [0.29, 0.717) is 36.3 Å². The predicted octanol–water partition coefficient (Wildman–Crippen LogP) is 3.29. The van der Waals surface area contributed by atoms with Crippen molar-refractivity contribution < 1.29 is 14.4 Å². The third kappa shape index (κ3) is 3.41. The highest BCUT2D eigenvalue weighted by Crippen LogP contribution is 2.45. The van der Waals surface area contributed by atoms with Crippen LogP contribution in [-0.2, 0) is 11.3 Å². The summed E-state index contributed by atoms with van der Waals surface area (Å²) in [5, 5.41) is 2.86. The molecule has 0 bridgehead atoms. The largest absolute Gasteiger partial charge is 0.350 e. The fourth-order valence-electron chi connectivity index (χ4n) is 4.39. The van der Waals surface area contributed by atoms with Crippen LogP contribution in [0.15, 0.2) is 72.9 Å². The van der Waals surface area contributed by atoms with Crippen molar-refractivity contribution in [3.63, 3.8) is 0 Å². The Morgan fingerprint density at radius 1 is 0.906 bits per heavy atom. The smallest absolute Gasteiger partial charge is 0.260 e. The normalized spacial score (nSPS) is 16.4. The third-order valence-corrected chi connectivity index (χ3v) is 5.88. The van der Waals surface area contributed by atoms with Crippen molar-refractivity contribution >= 4 is 23.4 Å². The predicted molar refractivity (Wildman–Crippen MR) is 119 cm³/mol. The highest BCUT2D eigenvalue weighted by atomic mass is 16.2. The Bertz CT molecular complexity index is 1190. The standard InChI is InChI=1S/C25H22N4O3/c30-22(27-16-17-8-5-6-14-26-17)13-7-15-28-23-18-9-1-2-10-19(18)25(32)29(23)21-12-4-3-11-20(21)24(28)31/h1-6,8-12,14,23H,7,13,15-16H2,(H,27,30)/t23-/m0/s1. The summed E-state index contributed by atoms with van der Waals surface area (Å²) in [6.07, 6.45) is 1.97. The van der Waals surface area contributed by atoms with E-state index in [1.165, 1.54) is 0 Å². The van der Waals surface area contributed by atoms with Crippen molar-refractivity contribution in [2.75, 3.05) is 11.4 Å². The van der Waals surface area contributed by atoms with Crippen LogP contribution in [0.5, 0.6) is 0 Å². The first-order valence-corrected chi connectivity index (χ1v) is 10.6. The molecule has 3 aromatic rings. The molecule has 7 heteroatoms. The van der Waals surface area contributed by atoms with Crippen molar-refractivity contribution in [1.82, 2.24) is 15.2 Å². The zero-order valence-corrected chi connectivity index (χ0v) is 17.4. The zero-order chi connectivity index (χ0) is 22.1. The lowest BCUT2D eigenvalue weighted by Crippen LogP contribution is -2.48. The molecule has 1 aromatic heterocycles. The van der Waals surface area contributed by atoms with Gasteiger partial charge in [0.1, 0.15) is 6.17 Å². The summed E-state index contributed by atoms with van der Waals surface area (Å²) >= 11 is 0. The van der Waals surface area contributed by atoms with Gasteiger partial charge in [-0.3, -0.25) is 24.3 Å². The van der Waals surface area contributed by atoms with Gasteiger partial charge in [0.2, 0.25) is 5.91 Å². The number of nitrogens with one attached hydrogen (secondary N) is 1. The van der Waals surface area contributed by atoms with Gasteiger partial charge in [0.25, 0.3) is 11.8 Å². The van der Waals surface area contributed by atoms with E-state index >= 15 is 0 Å². The van der Waals surface area contributed by atoms with E-state index in [4.69, 9.17) is 0 Å². The molecule has 0 saturated heterocycles. The lowest BCUT2D eigenvalue weighted by Gasteiger charge is -2.41. The summed E-state index contributed by atoms with van der Waals surface area (Å²) < 4.78 is 0. The van der Waals surface area contributed by atoms with E-state index < -0.39 is 6.17 Å². The molecule has 160 valence electrons. The summed E-state index contributed by atoms with van der Waals surface area (Å²) in [5.74, 6) is -0.329. The molecule has 0 radical (unpaired) electrons. The van der Waals surface area contributed by atoms with E-state index in [1.807, 2.05) is 48.5 Å². The van der Waals surface area contributed by atoms with Gasteiger partial charge in [0.15, 0.2) is 0 Å². The molecule has 2 aliphatic rings. The molecule has 0 spiro atoms. The second-order valence-corrected chi connectivity index (χ2v) is 7.85. The quantitative estimate of drug-likeness (QED) is 0.656. The number of carbonyl (C=O) groups excluding carboxylic acids is 3. The van der Waals surface area contributed by atoms with Crippen LogP contribution in [0, 0.1) is 0 Å². The lowest BCUT2D eigenvalue weighted by atomic mass is 10.0. The van der Waals surface area contributed by atoms with Crippen molar-refractivity contribution in [3.05, 3.63) is 95.3 Å². The Labute approximate surface area is 185 Å².